The van der Waals surface area contributed by atoms with Crippen molar-refractivity contribution in [1.29, 1.82) is 0 Å². The first kappa shape index (κ1) is 13.6. The van der Waals surface area contributed by atoms with Crippen LogP contribution in [0.25, 0.3) is 0 Å². The first-order chi connectivity index (χ1) is 9.57. The summed E-state index contributed by atoms with van der Waals surface area (Å²) in [5, 5.41) is 10.7. The Morgan fingerprint density at radius 1 is 1.60 bits per heavy atom. The van der Waals surface area contributed by atoms with Crippen LogP contribution in [-0.4, -0.2) is 47.5 Å². The van der Waals surface area contributed by atoms with Gasteiger partial charge in [0.15, 0.2) is 0 Å². The molecule has 2 aliphatic heterocycles. The van der Waals surface area contributed by atoms with Crippen LogP contribution in [-0.2, 0) is 16.6 Å². The molecular weight excluding hydrogens is 256 g/mol. The molecule has 0 radical (unpaired) electrons. The fraction of sp³-hybridized carbons (Fsp3) is 0.714. The molecule has 0 aromatic carbocycles. The topological polar surface area (TPSA) is 68.2 Å². The Morgan fingerprint density at radius 3 is 3.10 bits per heavy atom. The minimum atomic E-state index is -0.209. The van der Waals surface area contributed by atoms with E-state index in [1.165, 1.54) is 0 Å². The summed E-state index contributed by atoms with van der Waals surface area (Å²) < 4.78 is 7.18. The predicted molar refractivity (Wildman–Crippen MR) is 74.3 cm³/mol. The number of nitrogens with zero attached hydrogens (tertiary/aromatic N) is 2. The van der Waals surface area contributed by atoms with Gasteiger partial charge in [0, 0.05) is 38.9 Å². The van der Waals surface area contributed by atoms with Crippen molar-refractivity contribution in [3.8, 4) is 0 Å². The largest absolute Gasteiger partial charge is 0.379 e. The maximum Gasteiger partial charge on any atom is 0.225 e. The second-order valence-corrected chi connectivity index (χ2v) is 6.17. The Labute approximate surface area is 118 Å². The molecule has 1 amide bonds. The lowest BCUT2D eigenvalue weighted by atomic mass is 9.89. The van der Waals surface area contributed by atoms with Gasteiger partial charge in [-0.3, -0.25) is 9.48 Å². The van der Waals surface area contributed by atoms with Gasteiger partial charge < -0.3 is 15.4 Å². The summed E-state index contributed by atoms with van der Waals surface area (Å²) >= 11 is 0. The normalized spacial score (nSPS) is 33.5. The summed E-state index contributed by atoms with van der Waals surface area (Å²) in [4.78, 5) is 12.6. The molecule has 0 aliphatic carbocycles. The number of carbonyl (C=O) groups excluding carboxylic acids is 1. The summed E-state index contributed by atoms with van der Waals surface area (Å²) in [6, 6.07) is 0. The predicted octanol–water partition coefficient (Wildman–Crippen LogP) is 0.0183. The maximum absolute atomic E-state index is 12.6. The highest BCUT2D eigenvalue weighted by Gasteiger charge is 2.39. The van der Waals surface area contributed by atoms with Crippen LogP contribution in [0.15, 0.2) is 12.4 Å². The zero-order chi connectivity index (χ0) is 14.2. The fourth-order valence-electron chi connectivity index (χ4n) is 3.09. The molecule has 20 heavy (non-hydrogen) atoms. The van der Waals surface area contributed by atoms with Gasteiger partial charge in [0.2, 0.25) is 5.91 Å². The molecule has 2 aliphatic rings. The minimum Gasteiger partial charge on any atom is -0.379 e. The molecule has 2 N–H and O–H groups in total. The van der Waals surface area contributed by atoms with E-state index in [0.29, 0.717) is 6.61 Å². The second kappa shape index (κ2) is 5.18. The number of rotatable bonds is 3. The first-order valence-electron chi connectivity index (χ1n) is 7.16. The van der Waals surface area contributed by atoms with Gasteiger partial charge in [-0.15, -0.1) is 0 Å². The van der Waals surface area contributed by atoms with Gasteiger partial charge >= 0.3 is 0 Å². The number of amides is 1. The number of carbonyl (C=O) groups is 1. The number of aryl methyl sites for hydroxylation is 1. The van der Waals surface area contributed by atoms with E-state index < -0.39 is 0 Å². The molecule has 0 saturated carbocycles. The monoisotopic (exact) mass is 278 g/mol. The van der Waals surface area contributed by atoms with E-state index in [0.717, 1.165) is 31.7 Å². The molecule has 0 bridgehead atoms. The van der Waals surface area contributed by atoms with E-state index in [9.17, 15) is 4.79 Å². The lowest BCUT2D eigenvalue weighted by Crippen LogP contribution is -2.49. The number of ether oxygens (including phenoxy) is 1. The van der Waals surface area contributed by atoms with Gasteiger partial charge in [-0.2, -0.15) is 5.10 Å². The summed E-state index contributed by atoms with van der Waals surface area (Å²) in [6.07, 6.45) is 4.74. The van der Waals surface area contributed by atoms with Crippen molar-refractivity contribution in [2.75, 3.05) is 26.3 Å². The molecular formula is C14H22N4O2. The van der Waals surface area contributed by atoms with Crippen molar-refractivity contribution in [2.45, 2.75) is 24.8 Å². The van der Waals surface area contributed by atoms with Crippen molar-refractivity contribution in [3.05, 3.63) is 18.0 Å². The lowest BCUT2D eigenvalue weighted by molar-refractivity contribution is -0.126. The van der Waals surface area contributed by atoms with E-state index in [1.54, 1.807) is 4.68 Å². The van der Waals surface area contributed by atoms with Crippen LogP contribution in [0, 0.1) is 5.92 Å². The van der Waals surface area contributed by atoms with E-state index in [2.05, 4.69) is 22.7 Å². The molecule has 0 spiro atoms. The Morgan fingerprint density at radius 2 is 2.45 bits per heavy atom. The van der Waals surface area contributed by atoms with Gasteiger partial charge in [-0.05, 0) is 18.9 Å². The SMILES string of the molecule is Cn1cc([C@H]2CNC[C@@H]2C(=O)NC2(C)CCOC2)cn1. The molecule has 2 saturated heterocycles. The van der Waals surface area contributed by atoms with Gasteiger partial charge in [0.05, 0.1) is 24.3 Å². The first-order valence-corrected chi connectivity index (χ1v) is 7.16. The zero-order valence-electron chi connectivity index (χ0n) is 12.1. The van der Waals surface area contributed by atoms with E-state index in [4.69, 9.17) is 4.74 Å². The molecule has 3 heterocycles. The van der Waals surface area contributed by atoms with Crippen molar-refractivity contribution in [1.82, 2.24) is 20.4 Å². The Balaban J connectivity index is 1.70. The van der Waals surface area contributed by atoms with E-state index >= 15 is 0 Å². The van der Waals surface area contributed by atoms with Crippen LogP contribution in [0.5, 0.6) is 0 Å². The van der Waals surface area contributed by atoms with Crippen molar-refractivity contribution >= 4 is 5.91 Å². The van der Waals surface area contributed by atoms with Gasteiger partial charge in [-0.25, -0.2) is 0 Å². The molecule has 110 valence electrons. The summed E-state index contributed by atoms with van der Waals surface area (Å²) in [5.41, 5.74) is 0.921. The molecule has 1 unspecified atom stereocenters. The van der Waals surface area contributed by atoms with Crippen LogP contribution in [0.3, 0.4) is 0 Å². The minimum absolute atomic E-state index is 0.0309. The molecule has 3 atom stereocenters. The van der Waals surface area contributed by atoms with Gasteiger partial charge in [0.1, 0.15) is 0 Å². The maximum atomic E-state index is 12.6. The lowest BCUT2D eigenvalue weighted by Gasteiger charge is -2.27. The second-order valence-electron chi connectivity index (χ2n) is 6.17. The van der Waals surface area contributed by atoms with Crippen LogP contribution in [0.2, 0.25) is 0 Å². The molecule has 6 heteroatoms. The van der Waals surface area contributed by atoms with Crippen LogP contribution >= 0.6 is 0 Å². The third kappa shape index (κ3) is 2.58. The van der Waals surface area contributed by atoms with Crippen molar-refractivity contribution < 1.29 is 9.53 Å². The molecule has 1 aromatic rings. The van der Waals surface area contributed by atoms with Crippen LogP contribution in [0.4, 0.5) is 0 Å². The molecule has 1 aromatic heterocycles. The molecule has 3 rings (SSSR count). The van der Waals surface area contributed by atoms with Crippen LogP contribution in [0.1, 0.15) is 24.8 Å². The standard InChI is InChI=1S/C14H22N4O2/c1-14(3-4-20-9-14)17-13(19)12-7-15-6-11(12)10-5-16-18(2)8-10/h5,8,11-12,15H,3-4,6-7,9H2,1-2H3,(H,17,19)/t11-,12+,14?/m1/s1. The average molecular weight is 278 g/mol. The van der Waals surface area contributed by atoms with Gasteiger partial charge in [0.25, 0.3) is 0 Å². The smallest absolute Gasteiger partial charge is 0.225 e. The number of aromatic nitrogens is 2. The third-order valence-electron chi connectivity index (χ3n) is 4.35. The highest BCUT2D eigenvalue weighted by molar-refractivity contribution is 5.81. The highest BCUT2D eigenvalue weighted by atomic mass is 16.5. The summed E-state index contributed by atoms with van der Waals surface area (Å²) in [7, 11) is 1.90. The summed E-state index contributed by atoms with van der Waals surface area (Å²) in [6.45, 7) is 4.95. The number of nitrogens with one attached hydrogen (secondary N) is 2. The summed E-state index contributed by atoms with van der Waals surface area (Å²) in [5.74, 6) is 0.295. The Hall–Kier alpha value is -1.40. The van der Waals surface area contributed by atoms with Crippen LogP contribution < -0.4 is 10.6 Å². The number of hydrogen-bond donors (Lipinski definition) is 2. The number of hydrogen-bond acceptors (Lipinski definition) is 4. The van der Waals surface area contributed by atoms with Crippen molar-refractivity contribution in [2.24, 2.45) is 13.0 Å². The third-order valence-corrected chi connectivity index (χ3v) is 4.35. The van der Waals surface area contributed by atoms with E-state index in [-0.39, 0.29) is 23.3 Å². The van der Waals surface area contributed by atoms with E-state index in [1.807, 2.05) is 19.4 Å². The molecule has 2 fully saturated rings. The Bertz CT molecular complexity index is 493. The zero-order valence-corrected chi connectivity index (χ0v) is 12.1. The fourth-order valence-corrected chi connectivity index (χ4v) is 3.09. The van der Waals surface area contributed by atoms with Crippen molar-refractivity contribution in [3.63, 3.8) is 0 Å². The quantitative estimate of drug-likeness (QED) is 0.818. The average Bonchev–Trinajstić information content (AvgIpc) is 3.08. The van der Waals surface area contributed by atoms with Gasteiger partial charge in [-0.1, -0.05) is 0 Å². The highest BCUT2D eigenvalue weighted by Crippen LogP contribution is 2.29. The molecule has 6 nitrogen and oxygen atoms in total. The Kier molecular flexibility index (Phi) is 3.52.